The zero-order valence-electron chi connectivity index (χ0n) is 14.1. The molecule has 0 radical (unpaired) electrons. The Hall–Kier alpha value is -4.04. The predicted molar refractivity (Wildman–Crippen MR) is 102 cm³/mol. The van der Waals surface area contributed by atoms with Gasteiger partial charge in [-0.1, -0.05) is 36.4 Å². The number of carboxylic acids is 1. The van der Waals surface area contributed by atoms with Crippen LogP contribution in [0.2, 0.25) is 0 Å². The first-order chi connectivity index (χ1) is 13.2. The molecule has 0 amide bonds. The molecule has 0 fully saturated rings. The standard InChI is InChI=1S/C22H13N3O2/c23-13-14-5-3-6-15(11-14)21-20-16(7-4-10-24-20)12-19(25-21)17-8-1-2-9-18(17)22(26)27/h1-12H,(H,26,27). The number of nitriles is 1. The van der Waals surface area contributed by atoms with Gasteiger partial charge in [0.05, 0.1) is 34.1 Å². The second-order valence-electron chi connectivity index (χ2n) is 5.97. The summed E-state index contributed by atoms with van der Waals surface area (Å²) in [6.45, 7) is 0. The molecular weight excluding hydrogens is 338 g/mol. The molecule has 0 unspecified atom stereocenters. The molecule has 27 heavy (non-hydrogen) atoms. The first-order valence-corrected chi connectivity index (χ1v) is 8.26. The summed E-state index contributed by atoms with van der Waals surface area (Å²) >= 11 is 0. The maximum Gasteiger partial charge on any atom is 0.336 e. The lowest BCUT2D eigenvalue weighted by Gasteiger charge is -2.11. The van der Waals surface area contributed by atoms with Crippen molar-refractivity contribution in [2.75, 3.05) is 0 Å². The molecule has 4 rings (SSSR count). The van der Waals surface area contributed by atoms with E-state index in [2.05, 4.69) is 11.1 Å². The van der Waals surface area contributed by atoms with Crippen molar-refractivity contribution >= 4 is 16.9 Å². The van der Waals surface area contributed by atoms with Crippen molar-refractivity contribution in [2.24, 2.45) is 0 Å². The minimum atomic E-state index is -1.01. The quantitative estimate of drug-likeness (QED) is 0.586. The topological polar surface area (TPSA) is 86.9 Å². The fourth-order valence-corrected chi connectivity index (χ4v) is 3.05. The molecule has 0 aliphatic carbocycles. The van der Waals surface area contributed by atoms with Gasteiger partial charge in [-0.05, 0) is 30.3 Å². The summed E-state index contributed by atoms with van der Waals surface area (Å²) in [6, 6.07) is 21.6. The van der Waals surface area contributed by atoms with Gasteiger partial charge >= 0.3 is 5.97 Å². The van der Waals surface area contributed by atoms with Crippen LogP contribution < -0.4 is 0 Å². The van der Waals surface area contributed by atoms with E-state index in [1.54, 1.807) is 48.7 Å². The smallest absolute Gasteiger partial charge is 0.336 e. The van der Waals surface area contributed by atoms with Crippen molar-refractivity contribution in [3.8, 4) is 28.6 Å². The molecule has 128 valence electrons. The van der Waals surface area contributed by atoms with Gasteiger partial charge in [0.2, 0.25) is 0 Å². The second kappa shape index (κ2) is 6.70. The molecule has 5 heteroatoms. The summed E-state index contributed by atoms with van der Waals surface area (Å²) < 4.78 is 0. The van der Waals surface area contributed by atoms with E-state index in [9.17, 15) is 15.2 Å². The van der Waals surface area contributed by atoms with Gasteiger partial charge < -0.3 is 5.11 Å². The molecule has 0 bridgehead atoms. The van der Waals surface area contributed by atoms with E-state index in [1.807, 2.05) is 24.3 Å². The fraction of sp³-hybridized carbons (Fsp3) is 0. The van der Waals surface area contributed by atoms with Crippen molar-refractivity contribution in [1.82, 2.24) is 9.97 Å². The monoisotopic (exact) mass is 351 g/mol. The summed E-state index contributed by atoms with van der Waals surface area (Å²) in [5.74, 6) is -1.01. The molecule has 0 aliphatic heterocycles. The van der Waals surface area contributed by atoms with Crippen molar-refractivity contribution in [1.29, 1.82) is 5.26 Å². The number of rotatable bonds is 3. The van der Waals surface area contributed by atoms with Gasteiger partial charge in [-0.3, -0.25) is 4.98 Å². The normalized spacial score (nSPS) is 10.5. The van der Waals surface area contributed by atoms with E-state index in [0.29, 0.717) is 28.0 Å². The zero-order valence-corrected chi connectivity index (χ0v) is 14.1. The van der Waals surface area contributed by atoms with Crippen molar-refractivity contribution in [2.45, 2.75) is 0 Å². The maximum absolute atomic E-state index is 11.6. The summed E-state index contributed by atoms with van der Waals surface area (Å²) in [4.78, 5) is 20.8. The average molecular weight is 351 g/mol. The Morgan fingerprint density at radius 1 is 1.00 bits per heavy atom. The first-order valence-electron chi connectivity index (χ1n) is 8.26. The van der Waals surface area contributed by atoms with E-state index < -0.39 is 5.97 Å². The minimum absolute atomic E-state index is 0.185. The van der Waals surface area contributed by atoms with Gasteiger partial charge in [0.1, 0.15) is 0 Å². The zero-order chi connectivity index (χ0) is 18.8. The Morgan fingerprint density at radius 3 is 2.67 bits per heavy atom. The van der Waals surface area contributed by atoms with Crippen LogP contribution in [0.5, 0.6) is 0 Å². The lowest BCUT2D eigenvalue weighted by atomic mass is 10.00. The molecule has 2 aromatic carbocycles. The van der Waals surface area contributed by atoms with Crippen LogP contribution in [0.4, 0.5) is 0 Å². The van der Waals surface area contributed by atoms with Crippen LogP contribution in [0, 0.1) is 11.3 Å². The van der Waals surface area contributed by atoms with Gasteiger partial charge in [0.25, 0.3) is 0 Å². The van der Waals surface area contributed by atoms with E-state index in [4.69, 9.17) is 4.98 Å². The number of carbonyl (C=O) groups is 1. The molecule has 1 N–H and O–H groups in total. The third-order valence-corrected chi connectivity index (χ3v) is 4.29. The lowest BCUT2D eigenvalue weighted by molar-refractivity contribution is 0.0697. The molecule has 0 saturated carbocycles. The summed E-state index contributed by atoms with van der Waals surface area (Å²) in [5, 5.41) is 19.6. The Bertz CT molecular complexity index is 1230. The number of hydrogen-bond acceptors (Lipinski definition) is 4. The number of aromatic nitrogens is 2. The Balaban J connectivity index is 2.03. The molecule has 0 atom stereocenters. The van der Waals surface area contributed by atoms with Gasteiger partial charge in [-0.2, -0.15) is 5.26 Å². The number of benzene rings is 2. The van der Waals surface area contributed by atoms with Crippen molar-refractivity contribution < 1.29 is 9.90 Å². The molecule has 0 spiro atoms. The van der Waals surface area contributed by atoms with Gasteiger partial charge in [0, 0.05) is 22.7 Å². The SMILES string of the molecule is N#Cc1cccc(-c2nc(-c3ccccc3C(=O)O)cc3cccnc23)c1. The van der Waals surface area contributed by atoms with Crippen molar-refractivity contribution in [3.05, 3.63) is 84.1 Å². The number of fused-ring (bicyclic) bond motifs is 1. The summed E-state index contributed by atoms with van der Waals surface area (Å²) in [5.41, 5.74) is 3.86. The van der Waals surface area contributed by atoms with Gasteiger partial charge in [-0.15, -0.1) is 0 Å². The first kappa shape index (κ1) is 16.4. The Labute approximate surface area is 155 Å². The van der Waals surface area contributed by atoms with Crippen LogP contribution in [0.15, 0.2) is 72.9 Å². The molecular formula is C22H13N3O2. The van der Waals surface area contributed by atoms with E-state index >= 15 is 0 Å². The third-order valence-electron chi connectivity index (χ3n) is 4.29. The maximum atomic E-state index is 11.6. The highest BCUT2D eigenvalue weighted by atomic mass is 16.4. The van der Waals surface area contributed by atoms with E-state index in [0.717, 1.165) is 10.9 Å². The van der Waals surface area contributed by atoms with E-state index in [-0.39, 0.29) is 5.56 Å². The Morgan fingerprint density at radius 2 is 1.85 bits per heavy atom. The summed E-state index contributed by atoms with van der Waals surface area (Å²) in [7, 11) is 0. The largest absolute Gasteiger partial charge is 0.478 e. The molecule has 0 saturated heterocycles. The minimum Gasteiger partial charge on any atom is -0.478 e. The average Bonchev–Trinajstić information content (AvgIpc) is 2.73. The molecule has 2 heterocycles. The van der Waals surface area contributed by atoms with E-state index in [1.165, 1.54) is 0 Å². The number of nitrogens with zero attached hydrogens (tertiary/aromatic N) is 3. The van der Waals surface area contributed by atoms with Crippen LogP contribution >= 0.6 is 0 Å². The molecule has 0 aliphatic rings. The second-order valence-corrected chi connectivity index (χ2v) is 5.97. The Kier molecular flexibility index (Phi) is 4.07. The highest BCUT2D eigenvalue weighted by molar-refractivity contribution is 5.99. The molecule has 5 nitrogen and oxygen atoms in total. The van der Waals surface area contributed by atoms with Crippen LogP contribution in [-0.4, -0.2) is 21.0 Å². The number of carboxylic acid groups (broad SMARTS) is 1. The number of aromatic carboxylic acids is 1. The number of pyridine rings is 2. The van der Waals surface area contributed by atoms with Gasteiger partial charge in [-0.25, -0.2) is 9.78 Å². The van der Waals surface area contributed by atoms with Crippen LogP contribution in [0.1, 0.15) is 15.9 Å². The lowest BCUT2D eigenvalue weighted by Crippen LogP contribution is -2.01. The molecule has 2 aromatic heterocycles. The molecule has 4 aromatic rings. The van der Waals surface area contributed by atoms with Crippen molar-refractivity contribution in [3.63, 3.8) is 0 Å². The highest BCUT2D eigenvalue weighted by Gasteiger charge is 2.16. The third kappa shape index (κ3) is 3.00. The van der Waals surface area contributed by atoms with Crippen LogP contribution in [-0.2, 0) is 0 Å². The fourth-order valence-electron chi connectivity index (χ4n) is 3.05. The van der Waals surface area contributed by atoms with Crippen LogP contribution in [0.3, 0.4) is 0 Å². The highest BCUT2D eigenvalue weighted by Crippen LogP contribution is 2.31. The predicted octanol–water partition coefficient (Wildman–Crippen LogP) is 4.53. The van der Waals surface area contributed by atoms with Gasteiger partial charge in [0.15, 0.2) is 0 Å². The number of hydrogen-bond donors (Lipinski definition) is 1. The summed E-state index contributed by atoms with van der Waals surface area (Å²) in [6.07, 6.45) is 1.69. The van der Waals surface area contributed by atoms with Crippen LogP contribution in [0.25, 0.3) is 33.4 Å².